The fraction of sp³-hybridized carbons (Fsp3) is 0.588. The zero-order chi connectivity index (χ0) is 16.6. The van der Waals surface area contributed by atoms with Gasteiger partial charge in [0.2, 0.25) is 11.5 Å². The molecule has 1 unspecified atom stereocenters. The minimum atomic E-state index is -0.320. The summed E-state index contributed by atoms with van der Waals surface area (Å²) in [7, 11) is 0. The zero-order valence-electron chi connectivity index (χ0n) is 13.6. The number of carbonyl (C=O) groups excluding carboxylic acids is 2. The van der Waals surface area contributed by atoms with Crippen LogP contribution in [0.5, 0.6) is 0 Å². The van der Waals surface area contributed by atoms with E-state index >= 15 is 0 Å². The molecule has 2 heterocycles. The van der Waals surface area contributed by atoms with Gasteiger partial charge in [0.05, 0.1) is 5.56 Å². The van der Waals surface area contributed by atoms with E-state index < -0.39 is 0 Å². The second-order valence-electron chi connectivity index (χ2n) is 7.16. The minimum absolute atomic E-state index is 0.0759. The number of likely N-dealkylation sites (tertiary alicyclic amines) is 1. The van der Waals surface area contributed by atoms with E-state index in [1.165, 1.54) is 12.3 Å². The molecule has 2 amide bonds. The van der Waals surface area contributed by atoms with Crippen molar-refractivity contribution in [2.24, 2.45) is 11.8 Å². The van der Waals surface area contributed by atoms with Gasteiger partial charge in [-0.25, -0.2) is 0 Å². The molecule has 1 aromatic heterocycles. The predicted molar refractivity (Wildman–Crippen MR) is 86.0 cm³/mol. The average molecular weight is 317 g/mol. The van der Waals surface area contributed by atoms with Crippen LogP contribution in [0.1, 0.15) is 43.5 Å². The maximum atomic E-state index is 12.5. The molecule has 2 fully saturated rings. The highest BCUT2D eigenvalue weighted by molar-refractivity contribution is 5.94. The van der Waals surface area contributed by atoms with Gasteiger partial charge in [-0.3, -0.25) is 14.4 Å². The van der Waals surface area contributed by atoms with E-state index in [4.69, 9.17) is 0 Å². The molecule has 1 saturated carbocycles. The van der Waals surface area contributed by atoms with Crippen LogP contribution in [0.3, 0.4) is 0 Å². The standard InChI is InChI=1S/C17H23N3O3/c1-17(2,19-15(22)11-3-4-11)13-7-8-20(10-13)16(23)12-5-6-14(21)18-9-12/h5-6,9,11,13H,3-4,7-8,10H2,1-2H3,(H,18,21)(H,19,22). The second kappa shape index (κ2) is 5.83. The Balaban J connectivity index is 1.62. The number of aromatic nitrogens is 1. The number of hydrogen-bond donors (Lipinski definition) is 2. The Hall–Kier alpha value is -2.11. The van der Waals surface area contributed by atoms with Crippen LogP contribution in [0.4, 0.5) is 0 Å². The summed E-state index contributed by atoms with van der Waals surface area (Å²) in [5.74, 6) is 0.486. The number of aromatic amines is 1. The molecule has 1 saturated heterocycles. The van der Waals surface area contributed by atoms with Crippen LogP contribution in [0.15, 0.2) is 23.1 Å². The molecule has 0 spiro atoms. The molecule has 23 heavy (non-hydrogen) atoms. The highest BCUT2D eigenvalue weighted by Crippen LogP contribution is 2.32. The van der Waals surface area contributed by atoms with E-state index in [0.717, 1.165) is 19.3 Å². The van der Waals surface area contributed by atoms with Crippen molar-refractivity contribution in [3.63, 3.8) is 0 Å². The van der Waals surface area contributed by atoms with Gasteiger partial charge in [-0.1, -0.05) is 0 Å². The lowest BCUT2D eigenvalue weighted by atomic mass is 9.86. The Morgan fingerprint density at radius 3 is 2.61 bits per heavy atom. The molecule has 1 aromatic rings. The topological polar surface area (TPSA) is 82.3 Å². The number of H-pyrrole nitrogens is 1. The SMILES string of the molecule is CC(C)(NC(=O)C1CC1)C1CCN(C(=O)c2ccc(=O)[nH]c2)C1. The Bertz CT molecular complexity index is 655. The molecule has 2 N–H and O–H groups in total. The van der Waals surface area contributed by atoms with Crippen molar-refractivity contribution in [1.29, 1.82) is 0 Å². The summed E-state index contributed by atoms with van der Waals surface area (Å²) in [6.45, 7) is 5.36. The number of nitrogens with one attached hydrogen (secondary N) is 2. The number of hydrogen-bond acceptors (Lipinski definition) is 3. The van der Waals surface area contributed by atoms with Crippen LogP contribution in [0.2, 0.25) is 0 Å². The van der Waals surface area contributed by atoms with E-state index in [1.54, 1.807) is 11.0 Å². The van der Waals surface area contributed by atoms with E-state index in [9.17, 15) is 14.4 Å². The van der Waals surface area contributed by atoms with Crippen molar-refractivity contribution in [2.45, 2.75) is 38.6 Å². The van der Waals surface area contributed by atoms with Crippen LogP contribution >= 0.6 is 0 Å². The summed E-state index contributed by atoms with van der Waals surface area (Å²) < 4.78 is 0. The van der Waals surface area contributed by atoms with Crippen LogP contribution < -0.4 is 10.9 Å². The molecule has 3 rings (SSSR count). The summed E-state index contributed by atoms with van der Waals surface area (Å²) >= 11 is 0. The minimum Gasteiger partial charge on any atom is -0.351 e. The first-order valence-electron chi connectivity index (χ1n) is 8.17. The molecule has 1 aliphatic heterocycles. The van der Waals surface area contributed by atoms with Gasteiger partial charge in [0.1, 0.15) is 0 Å². The molecule has 0 aromatic carbocycles. The highest BCUT2D eigenvalue weighted by atomic mass is 16.2. The lowest BCUT2D eigenvalue weighted by Gasteiger charge is -2.33. The van der Waals surface area contributed by atoms with E-state index in [-0.39, 0.29) is 34.7 Å². The molecule has 1 atom stereocenters. The van der Waals surface area contributed by atoms with Gasteiger partial charge in [0.25, 0.3) is 5.91 Å². The van der Waals surface area contributed by atoms with Gasteiger partial charge in [-0.2, -0.15) is 0 Å². The van der Waals surface area contributed by atoms with Crippen molar-refractivity contribution in [1.82, 2.24) is 15.2 Å². The Kier molecular flexibility index (Phi) is 4.00. The second-order valence-corrected chi connectivity index (χ2v) is 7.16. The molecule has 0 radical (unpaired) electrons. The lowest BCUT2D eigenvalue weighted by molar-refractivity contribution is -0.124. The number of rotatable bonds is 4. The molecule has 6 nitrogen and oxygen atoms in total. The molecular formula is C17H23N3O3. The van der Waals surface area contributed by atoms with Gasteiger partial charge in [0, 0.05) is 42.7 Å². The fourth-order valence-electron chi connectivity index (χ4n) is 3.13. The maximum Gasteiger partial charge on any atom is 0.255 e. The summed E-state index contributed by atoms with van der Waals surface area (Å²) in [4.78, 5) is 39.9. The van der Waals surface area contributed by atoms with Gasteiger partial charge in [-0.05, 0) is 39.2 Å². The molecule has 124 valence electrons. The Morgan fingerprint density at radius 1 is 1.26 bits per heavy atom. The summed E-state index contributed by atoms with van der Waals surface area (Å²) in [6, 6.07) is 2.91. The molecule has 1 aliphatic carbocycles. The number of nitrogens with zero attached hydrogens (tertiary/aromatic N) is 1. The smallest absolute Gasteiger partial charge is 0.255 e. The normalized spacial score (nSPS) is 21.3. The third-order valence-corrected chi connectivity index (χ3v) is 4.92. The van der Waals surface area contributed by atoms with Crippen LogP contribution in [0, 0.1) is 11.8 Å². The van der Waals surface area contributed by atoms with Gasteiger partial charge in [0.15, 0.2) is 0 Å². The average Bonchev–Trinajstić information content (AvgIpc) is 3.23. The summed E-state index contributed by atoms with van der Waals surface area (Å²) in [5, 5.41) is 3.14. The first kappa shape index (κ1) is 15.8. The molecular weight excluding hydrogens is 294 g/mol. The van der Waals surface area contributed by atoms with E-state index in [0.29, 0.717) is 18.7 Å². The van der Waals surface area contributed by atoms with E-state index in [1.807, 2.05) is 13.8 Å². The molecule has 2 aliphatic rings. The highest BCUT2D eigenvalue weighted by Gasteiger charge is 2.40. The van der Waals surface area contributed by atoms with Crippen LogP contribution in [-0.4, -0.2) is 40.3 Å². The lowest BCUT2D eigenvalue weighted by Crippen LogP contribution is -2.50. The number of pyridine rings is 1. The largest absolute Gasteiger partial charge is 0.351 e. The van der Waals surface area contributed by atoms with E-state index in [2.05, 4.69) is 10.3 Å². The number of amides is 2. The first-order chi connectivity index (χ1) is 10.9. The first-order valence-corrected chi connectivity index (χ1v) is 8.17. The summed E-state index contributed by atoms with van der Waals surface area (Å²) in [5.41, 5.74) is -0.0467. The maximum absolute atomic E-state index is 12.5. The Morgan fingerprint density at radius 2 is 2.00 bits per heavy atom. The van der Waals surface area contributed by atoms with Gasteiger partial charge in [-0.15, -0.1) is 0 Å². The van der Waals surface area contributed by atoms with Crippen molar-refractivity contribution in [2.75, 3.05) is 13.1 Å². The number of carbonyl (C=O) groups is 2. The third kappa shape index (κ3) is 3.46. The molecule has 0 bridgehead atoms. The van der Waals surface area contributed by atoms with Crippen LogP contribution in [-0.2, 0) is 4.79 Å². The van der Waals surface area contributed by atoms with Gasteiger partial charge >= 0.3 is 0 Å². The summed E-state index contributed by atoms with van der Waals surface area (Å²) in [6.07, 6.45) is 4.30. The zero-order valence-corrected chi connectivity index (χ0v) is 13.6. The van der Waals surface area contributed by atoms with Crippen molar-refractivity contribution in [3.8, 4) is 0 Å². The van der Waals surface area contributed by atoms with Crippen molar-refractivity contribution in [3.05, 3.63) is 34.2 Å². The monoisotopic (exact) mass is 317 g/mol. The Labute approximate surface area is 135 Å². The quantitative estimate of drug-likeness (QED) is 0.874. The third-order valence-electron chi connectivity index (χ3n) is 4.92. The molecule has 6 heteroatoms. The van der Waals surface area contributed by atoms with Crippen molar-refractivity contribution >= 4 is 11.8 Å². The predicted octanol–water partition coefficient (Wildman–Crippen LogP) is 1.14. The van der Waals surface area contributed by atoms with Crippen molar-refractivity contribution < 1.29 is 9.59 Å². The van der Waals surface area contributed by atoms with Gasteiger partial charge < -0.3 is 15.2 Å². The van der Waals surface area contributed by atoms with Crippen LogP contribution in [0.25, 0.3) is 0 Å². The fourth-order valence-corrected chi connectivity index (χ4v) is 3.13.